The molecule has 1 aliphatic heterocycles. The lowest BCUT2D eigenvalue weighted by molar-refractivity contribution is 0.0916. The van der Waals surface area contributed by atoms with E-state index >= 15 is 0 Å². The second-order valence-electron chi connectivity index (χ2n) is 6.30. The molecule has 126 valence electrons. The molecule has 0 aliphatic carbocycles. The van der Waals surface area contributed by atoms with Crippen LogP contribution in [0.2, 0.25) is 0 Å². The van der Waals surface area contributed by atoms with Gasteiger partial charge in [0.2, 0.25) is 0 Å². The van der Waals surface area contributed by atoms with Gasteiger partial charge in [-0.25, -0.2) is 0 Å². The number of aromatic nitrogens is 2. The zero-order chi connectivity index (χ0) is 16.5. The van der Waals surface area contributed by atoms with Crippen molar-refractivity contribution >= 4 is 11.0 Å². The van der Waals surface area contributed by atoms with Crippen molar-refractivity contribution in [3.8, 4) is 0 Å². The minimum absolute atomic E-state index is 0.306. The molecule has 0 amide bonds. The first-order valence-electron chi connectivity index (χ1n) is 8.28. The molecule has 0 saturated heterocycles. The predicted molar refractivity (Wildman–Crippen MR) is 89.2 cm³/mol. The molecule has 1 aliphatic rings. The Kier molecular flexibility index (Phi) is 4.10. The van der Waals surface area contributed by atoms with Gasteiger partial charge < -0.3 is 14.6 Å². The number of hydrogen-bond acceptors (Lipinski definition) is 5. The molecule has 0 bridgehead atoms. The molecule has 0 saturated carbocycles. The van der Waals surface area contributed by atoms with Crippen molar-refractivity contribution in [2.24, 2.45) is 0 Å². The molecule has 4 rings (SSSR count). The quantitative estimate of drug-likeness (QED) is 0.767. The lowest BCUT2D eigenvalue weighted by Gasteiger charge is -2.17. The summed E-state index contributed by atoms with van der Waals surface area (Å²) < 4.78 is 7.86. The third-order valence-electron chi connectivity index (χ3n) is 4.48. The number of rotatable bonds is 4. The van der Waals surface area contributed by atoms with Crippen molar-refractivity contribution in [3.63, 3.8) is 0 Å². The fourth-order valence-electron chi connectivity index (χ4n) is 3.28. The van der Waals surface area contributed by atoms with Crippen molar-refractivity contribution in [3.05, 3.63) is 53.5 Å². The highest BCUT2D eigenvalue weighted by molar-refractivity contribution is 5.77. The molecular formula is C18H21N3O3. The van der Waals surface area contributed by atoms with Gasteiger partial charge in [-0.15, -0.1) is 0 Å². The van der Waals surface area contributed by atoms with Crippen LogP contribution in [-0.4, -0.2) is 38.0 Å². The second-order valence-corrected chi connectivity index (χ2v) is 6.30. The maximum Gasteiger partial charge on any atom is 0.134 e. The van der Waals surface area contributed by atoms with Crippen LogP contribution in [0.3, 0.4) is 0 Å². The number of hydrogen-bond donors (Lipinski definition) is 2. The van der Waals surface area contributed by atoms with Crippen molar-refractivity contribution in [2.75, 3.05) is 13.2 Å². The number of furan rings is 1. The molecule has 0 radical (unpaired) electrons. The highest BCUT2D eigenvalue weighted by Gasteiger charge is 2.20. The van der Waals surface area contributed by atoms with Gasteiger partial charge in [-0.1, -0.05) is 18.2 Å². The van der Waals surface area contributed by atoms with Crippen LogP contribution in [0.1, 0.15) is 29.7 Å². The highest BCUT2D eigenvalue weighted by Crippen LogP contribution is 2.23. The topological polar surface area (TPSA) is 74.7 Å². The van der Waals surface area contributed by atoms with Crippen molar-refractivity contribution in [1.82, 2.24) is 14.7 Å². The van der Waals surface area contributed by atoms with Gasteiger partial charge >= 0.3 is 0 Å². The Balaban J connectivity index is 1.53. The lowest BCUT2D eigenvalue weighted by atomic mass is 10.2. The van der Waals surface area contributed by atoms with Crippen LogP contribution in [0.4, 0.5) is 0 Å². The number of fused-ring (bicyclic) bond motifs is 2. The van der Waals surface area contributed by atoms with E-state index in [0.717, 1.165) is 55.0 Å². The SMILES string of the molecule is OC[C@@H](O)c1cc2n(n1)CCCN(Cc1cc3ccccc3o1)C2. The minimum atomic E-state index is -0.909. The third kappa shape index (κ3) is 2.96. The van der Waals surface area contributed by atoms with Crippen LogP contribution in [0.25, 0.3) is 11.0 Å². The molecule has 6 nitrogen and oxygen atoms in total. The van der Waals surface area contributed by atoms with Crippen LogP contribution >= 0.6 is 0 Å². The largest absolute Gasteiger partial charge is 0.460 e. The predicted octanol–water partition coefficient (Wildman–Crippen LogP) is 2.06. The Bertz CT molecular complexity index is 806. The minimum Gasteiger partial charge on any atom is -0.460 e. The number of nitrogens with zero attached hydrogens (tertiary/aromatic N) is 3. The normalized spacial score (nSPS) is 16.9. The van der Waals surface area contributed by atoms with Crippen molar-refractivity contribution in [1.29, 1.82) is 0 Å². The van der Waals surface area contributed by atoms with Gasteiger partial charge in [-0.3, -0.25) is 9.58 Å². The fraction of sp³-hybridized carbons (Fsp3) is 0.389. The van der Waals surface area contributed by atoms with E-state index in [1.807, 2.05) is 28.9 Å². The Hall–Kier alpha value is -2.15. The van der Waals surface area contributed by atoms with E-state index in [9.17, 15) is 5.11 Å². The average molecular weight is 327 g/mol. The maximum atomic E-state index is 9.78. The van der Waals surface area contributed by atoms with Gasteiger partial charge in [0.25, 0.3) is 0 Å². The highest BCUT2D eigenvalue weighted by atomic mass is 16.3. The third-order valence-corrected chi connectivity index (χ3v) is 4.48. The summed E-state index contributed by atoms with van der Waals surface area (Å²) >= 11 is 0. The van der Waals surface area contributed by atoms with Crippen molar-refractivity contribution < 1.29 is 14.6 Å². The molecule has 0 fully saturated rings. The van der Waals surface area contributed by atoms with Gasteiger partial charge in [0, 0.05) is 25.0 Å². The molecular weight excluding hydrogens is 306 g/mol. The molecule has 2 aromatic heterocycles. The molecule has 1 atom stereocenters. The van der Waals surface area contributed by atoms with Gasteiger partial charge in [-0.05, 0) is 24.6 Å². The monoisotopic (exact) mass is 327 g/mol. The van der Waals surface area contributed by atoms with Gasteiger partial charge in [-0.2, -0.15) is 5.10 Å². The summed E-state index contributed by atoms with van der Waals surface area (Å²) in [4.78, 5) is 2.33. The van der Waals surface area contributed by atoms with E-state index in [2.05, 4.69) is 22.1 Å². The van der Waals surface area contributed by atoms with Crippen molar-refractivity contribution in [2.45, 2.75) is 32.2 Å². The number of aryl methyl sites for hydroxylation is 1. The molecule has 6 heteroatoms. The van der Waals surface area contributed by atoms with Crippen LogP contribution in [0.5, 0.6) is 0 Å². The molecule has 3 aromatic rings. The summed E-state index contributed by atoms with van der Waals surface area (Å²) in [5.41, 5.74) is 2.52. The summed E-state index contributed by atoms with van der Waals surface area (Å²) in [6.07, 6.45) is 0.0806. The molecule has 0 spiro atoms. The van der Waals surface area contributed by atoms with Gasteiger partial charge in [0.05, 0.1) is 24.5 Å². The summed E-state index contributed by atoms with van der Waals surface area (Å²) in [6.45, 7) is 2.99. The van der Waals surface area contributed by atoms with E-state index in [1.165, 1.54) is 0 Å². The second kappa shape index (κ2) is 6.39. The first-order chi connectivity index (χ1) is 11.7. The zero-order valence-electron chi connectivity index (χ0n) is 13.4. The molecule has 2 N–H and O–H groups in total. The van der Waals surface area contributed by atoms with Crippen LogP contribution in [-0.2, 0) is 19.6 Å². The fourth-order valence-corrected chi connectivity index (χ4v) is 3.28. The smallest absolute Gasteiger partial charge is 0.134 e. The number of para-hydroxylation sites is 1. The molecule has 1 aromatic carbocycles. The maximum absolute atomic E-state index is 9.78. The summed E-state index contributed by atoms with van der Waals surface area (Å²) in [5.74, 6) is 0.958. The van der Waals surface area contributed by atoms with Crippen LogP contribution < -0.4 is 0 Å². The summed E-state index contributed by atoms with van der Waals surface area (Å²) in [7, 11) is 0. The van der Waals surface area contributed by atoms with E-state index < -0.39 is 6.10 Å². The van der Waals surface area contributed by atoms with Crippen LogP contribution in [0, 0.1) is 0 Å². The average Bonchev–Trinajstić information content (AvgIpc) is 3.13. The Morgan fingerprint density at radius 2 is 2.08 bits per heavy atom. The molecule has 24 heavy (non-hydrogen) atoms. The van der Waals surface area contributed by atoms with Gasteiger partial charge in [0.15, 0.2) is 0 Å². The zero-order valence-corrected chi connectivity index (χ0v) is 13.4. The standard InChI is InChI=1S/C18H21N3O3/c22-12-17(23)16-9-14-10-20(6-3-7-21(14)19-16)11-15-8-13-4-1-2-5-18(13)24-15/h1-2,4-5,8-9,17,22-23H,3,6-7,10-12H2/t17-/m1/s1. The van der Waals surface area contributed by atoms with E-state index in [-0.39, 0.29) is 6.61 Å². The Labute approximate surface area is 139 Å². The Morgan fingerprint density at radius 1 is 1.21 bits per heavy atom. The summed E-state index contributed by atoms with van der Waals surface area (Å²) in [6, 6.07) is 12.0. The summed E-state index contributed by atoms with van der Waals surface area (Å²) in [5, 5.41) is 24.4. The molecule has 3 heterocycles. The van der Waals surface area contributed by atoms with Gasteiger partial charge in [0.1, 0.15) is 17.4 Å². The van der Waals surface area contributed by atoms with E-state index in [4.69, 9.17) is 9.52 Å². The number of benzene rings is 1. The van der Waals surface area contributed by atoms with E-state index in [0.29, 0.717) is 5.69 Å². The first-order valence-corrected chi connectivity index (χ1v) is 8.28. The number of aliphatic hydroxyl groups is 2. The Morgan fingerprint density at radius 3 is 2.92 bits per heavy atom. The van der Waals surface area contributed by atoms with E-state index in [1.54, 1.807) is 0 Å². The first kappa shape index (κ1) is 15.4. The van der Waals surface area contributed by atoms with Crippen LogP contribution in [0.15, 0.2) is 40.8 Å². The molecule has 0 unspecified atom stereocenters. The lowest BCUT2D eigenvalue weighted by Crippen LogP contribution is -2.22. The number of aliphatic hydroxyl groups excluding tert-OH is 2.